The van der Waals surface area contributed by atoms with Crippen LogP contribution in [0.15, 0.2) is 66.9 Å². The Labute approximate surface area is 231 Å². The molecule has 7 nitrogen and oxygen atoms in total. The molecule has 3 aromatic rings. The average molecular weight is 528 g/mol. The van der Waals surface area contributed by atoms with Crippen LogP contribution in [-0.2, 0) is 6.54 Å². The van der Waals surface area contributed by atoms with Gasteiger partial charge in [-0.3, -0.25) is 9.69 Å². The zero-order valence-electron chi connectivity index (χ0n) is 23.0. The number of benzene rings is 2. The number of aromatic nitrogens is 1. The largest absolute Gasteiger partial charge is 0.472 e. The van der Waals surface area contributed by atoms with E-state index in [0.717, 1.165) is 6.54 Å². The number of carbonyl (C=O) groups is 1. The van der Waals surface area contributed by atoms with Crippen LogP contribution in [0.25, 0.3) is 11.1 Å². The Balaban J connectivity index is 1.54. The average Bonchev–Trinajstić information content (AvgIpc) is 2.94. The highest BCUT2D eigenvalue weighted by Crippen LogP contribution is 2.28. The molecule has 204 valence electrons. The summed E-state index contributed by atoms with van der Waals surface area (Å²) in [5.41, 5.74) is 4.40. The Morgan fingerprint density at radius 2 is 1.82 bits per heavy atom. The van der Waals surface area contributed by atoms with Gasteiger partial charge in [-0.05, 0) is 43.7 Å². The van der Waals surface area contributed by atoms with Gasteiger partial charge in [0.05, 0.1) is 12.6 Å². The van der Waals surface area contributed by atoms with E-state index in [4.69, 9.17) is 4.74 Å². The molecule has 4 rings (SSSR count). The molecule has 0 saturated heterocycles. The number of nitrogens with zero attached hydrogens (tertiary/aromatic N) is 3. The maximum Gasteiger partial charge on any atom is 0.259 e. The molecule has 0 spiro atoms. The van der Waals surface area contributed by atoms with Crippen LogP contribution < -0.4 is 4.74 Å². The third-order valence-electron chi connectivity index (χ3n) is 6.95. The fraction of sp³-hybridized carbons (Fsp3) is 0.375. The van der Waals surface area contributed by atoms with Gasteiger partial charge in [-0.15, -0.1) is 0 Å². The maximum atomic E-state index is 13.5. The number of aliphatic hydroxyl groups is 2. The highest BCUT2D eigenvalue weighted by Gasteiger charge is 2.34. The summed E-state index contributed by atoms with van der Waals surface area (Å²) < 4.78 is 6.39. The molecular weight excluding hydrogens is 490 g/mol. The molecule has 0 fully saturated rings. The fourth-order valence-electron chi connectivity index (χ4n) is 4.69. The van der Waals surface area contributed by atoms with Crippen LogP contribution in [0.1, 0.15) is 42.3 Å². The van der Waals surface area contributed by atoms with E-state index < -0.39 is 6.10 Å². The van der Waals surface area contributed by atoms with Crippen LogP contribution in [0.3, 0.4) is 0 Å². The monoisotopic (exact) mass is 527 g/mol. The first-order chi connectivity index (χ1) is 18.7. The van der Waals surface area contributed by atoms with Crippen LogP contribution >= 0.6 is 0 Å². The van der Waals surface area contributed by atoms with Gasteiger partial charge < -0.3 is 19.8 Å². The molecule has 2 aromatic carbocycles. The molecule has 4 atom stereocenters. The van der Waals surface area contributed by atoms with Gasteiger partial charge in [0.1, 0.15) is 17.8 Å². The van der Waals surface area contributed by atoms with Crippen LogP contribution in [0.2, 0.25) is 0 Å². The molecule has 1 aliphatic rings. The number of hydrogen-bond acceptors (Lipinski definition) is 6. The molecule has 0 bridgehead atoms. The van der Waals surface area contributed by atoms with Crippen molar-refractivity contribution >= 4 is 5.91 Å². The fourth-order valence-corrected chi connectivity index (χ4v) is 4.69. The van der Waals surface area contributed by atoms with Crippen LogP contribution in [-0.4, -0.2) is 75.9 Å². The number of pyridine rings is 1. The molecule has 0 radical (unpaired) electrons. The van der Waals surface area contributed by atoms with E-state index in [1.165, 1.54) is 16.7 Å². The quantitative estimate of drug-likeness (QED) is 0.454. The van der Waals surface area contributed by atoms with Crippen molar-refractivity contribution < 1.29 is 19.7 Å². The first-order valence-corrected chi connectivity index (χ1v) is 13.4. The number of amides is 1. The van der Waals surface area contributed by atoms with Gasteiger partial charge in [0.2, 0.25) is 5.88 Å². The molecule has 2 N–H and O–H groups in total. The lowest BCUT2D eigenvalue weighted by atomic mass is 9.99. The Bertz CT molecular complexity index is 1310. The van der Waals surface area contributed by atoms with Crippen molar-refractivity contribution in [2.24, 2.45) is 5.92 Å². The lowest BCUT2D eigenvalue weighted by Gasteiger charge is -2.37. The summed E-state index contributed by atoms with van der Waals surface area (Å²) in [6, 6.07) is 20.2. The number of ether oxygens (including phenoxy) is 1. The summed E-state index contributed by atoms with van der Waals surface area (Å²) >= 11 is 0. The summed E-state index contributed by atoms with van der Waals surface area (Å²) in [6.07, 6.45) is 0.531. The third-order valence-corrected chi connectivity index (χ3v) is 6.95. The number of rotatable bonds is 7. The number of hydrogen-bond donors (Lipinski definition) is 2. The van der Waals surface area contributed by atoms with Crippen LogP contribution in [0, 0.1) is 17.8 Å². The van der Waals surface area contributed by atoms with Crippen LogP contribution in [0.5, 0.6) is 5.88 Å². The van der Waals surface area contributed by atoms with E-state index in [1.54, 1.807) is 24.1 Å². The van der Waals surface area contributed by atoms with E-state index in [-0.39, 0.29) is 36.5 Å². The second kappa shape index (κ2) is 12.9. The first-order valence-electron chi connectivity index (χ1n) is 13.4. The van der Waals surface area contributed by atoms with Crippen molar-refractivity contribution in [3.05, 3.63) is 83.6 Å². The third kappa shape index (κ3) is 7.24. The molecule has 0 saturated carbocycles. The number of fused-ring (bicyclic) bond motifs is 1. The van der Waals surface area contributed by atoms with Gasteiger partial charge in [0.25, 0.3) is 5.91 Å². The Kier molecular flexibility index (Phi) is 9.36. The van der Waals surface area contributed by atoms with E-state index in [2.05, 4.69) is 72.1 Å². The molecule has 7 heteroatoms. The predicted octanol–water partition coefficient (Wildman–Crippen LogP) is 3.83. The Morgan fingerprint density at radius 1 is 1.13 bits per heavy atom. The Morgan fingerprint density at radius 3 is 2.49 bits per heavy atom. The van der Waals surface area contributed by atoms with Crippen LogP contribution in [0.4, 0.5) is 0 Å². The van der Waals surface area contributed by atoms with Crippen molar-refractivity contribution in [1.29, 1.82) is 0 Å². The summed E-state index contributed by atoms with van der Waals surface area (Å²) in [6.45, 7) is 7.13. The minimum absolute atomic E-state index is 0.00415. The smallest absolute Gasteiger partial charge is 0.259 e. The first kappa shape index (κ1) is 28.3. The Hall–Kier alpha value is -3.70. The van der Waals surface area contributed by atoms with E-state index in [0.29, 0.717) is 24.2 Å². The molecule has 1 amide bonds. The standard InChI is InChI=1S/C32H37N3O4/c1-22-18-35(23(2)21-36)32(38)29-16-26(11-10-24(3)37)17-33-31(29)39-30(22)20-34(4)19-25-12-14-28(15-13-25)27-8-6-5-7-9-27/h5-9,12-17,22-24,30,36-37H,18-21H2,1-4H3/t22-,23-,24+,30+/m0/s1. The van der Waals surface area contributed by atoms with E-state index in [1.807, 2.05) is 25.1 Å². The minimum atomic E-state index is -0.791. The topological polar surface area (TPSA) is 86.1 Å². The van der Waals surface area contributed by atoms with Gasteiger partial charge in [-0.2, -0.15) is 0 Å². The molecule has 0 unspecified atom stereocenters. The normalized spacial score (nSPS) is 18.7. The van der Waals surface area contributed by atoms with Gasteiger partial charge >= 0.3 is 0 Å². The van der Waals surface area contributed by atoms with E-state index >= 15 is 0 Å². The van der Waals surface area contributed by atoms with Crippen molar-refractivity contribution in [1.82, 2.24) is 14.8 Å². The van der Waals surface area contributed by atoms with E-state index in [9.17, 15) is 15.0 Å². The highest BCUT2D eigenvalue weighted by molar-refractivity contribution is 5.97. The van der Waals surface area contributed by atoms with Crippen molar-refractivity contribution in [2.45, 2.75) is 45.6 Å². The summed E-state index contributed by atoms with van der Waals surface area (Å²) in [7, 11) is 2.06. The zero-order valence-corrected chi connectivity index (χ0v) is 23.0. The number of aliphatic hydroxyl groups excluding tert-OH is 2. The molecule has 39 heavy (non-hydrogen) atoms. The maximum absolute atomic E-state index is 13.5. The molecule has 2 heterocycles. The minimum Gasteiger partial charge on any atom is -0.472 e. The van der Waals surface area contributed by atoms with Gasteiger partial charge in [-0.25, -0.2) is 4.98 Å². The summed E-state index contributed by atoms with van der Waals surface area (Å²) in [5.74, 6) is 5.55. The van der Waals surface area contributed by atoms with Crippen molar-refractivity contribution in [3.63, 3.8) is 0 Å². The van der Waals surface area contributed by atoms with Gasteiger partial charge in [0.15, 0.2) is 0 Å². The lowest BCUT2D eigenvalue weighted by Crippen LogP contribution is -2.49. The van der Waals surface area contributed by atoms with Gasteiger partial charge in [-0.1, -0.05) is 73.4 Å². The SMILES string of the molecule is C[C@@H](O)C#Cc1cnc2c(c1)C(=O)N([C@@H](C)CO)C[C@H](C)[C@@H](CN(C)Cc1ccc(-c3ccccc3)cc1)O2. The second-order valence-electron chi connectivity index (χ2n) is 10.4. The molecular formula is C32H37N3O4. The van der Waals surface area contributed by atoms with Crippen molar-refractivity contribution in [2.75, 3.05) is 26.7 Å². The number of carbonyl (C=O) groups excluding carboxylic acids is 1. The zero-order chi connectivity index (χ0) is 27.9. The lowest BCUT2D eigenvalue weighted by molar-refractivity contribution is 0.0325. The second-order valence-corrected chi connectivity index (χ2v) is 10.4. The number of likely N-dealkylation sites (N-methyl/N-ethyl adjacent to an activating group) is 1. The molecule has 0 aliphatic carbocycles. The summed E-state index contributed by atoms with van der Waals surface area (Å²) in [4.78, 5) is 21.9. The molecule has 1 aromatic heterocycles. The van der Waals surface area contributed by atoms with Crippen molar-refractivity contribution in [3.8, 4) is 28.8 Å². The van der Waals surface area contributed by atoms with Gasteiger partial charge in [0, 0.05) is 37.3 Å². The molecule has 1 aliphatic heterocycles. The highest BCUT2D eigenvalue weighted by atomic mass is 16.5. The summed E-state index contributed by atoms with van der Waals surface area (Å²) in [5, 5.41) is 19.4. The predicted molar refractivity (Wildman–Crippen MR) is 152 cm³/mol.